The lowest BCUT2D eigenvalue weighted by Crippen LogP contribution is -2.33. The van der Waals surface area contributed by atoms with E-state index in [1.54, 1.807) is 22.7 Å². The van der Waals surface area contributed by atoms with Crippen molar-refractivity contribution in [3.8, 4) is 0 Å². The number of aliphatic hydroxyl groups is 1. The van der Waals surface area contributed by atoms with Crippen LogP contribution >= 0.6 is 22.7 Å². The van der Waals surface area contributed by atoms with Gasteiger partial charge in [-0.2, -0.15) is 0 Å². The second kappa shape index (κ2) is 7.20. The molecular weight excluding hydrogens is 274 g/mol. The summed E-state index contributed by atoms with van der Waals surface area (Å²) in [6, 6.07) is 8.81. The fourth-order valence-corrected chi connectivity index (χ4v) is 3.45. The molecule has 2 unspecified atom stereocenters. The van der Waals surface area contributed by atoms with E-state index in [2.05, 4.69) is 40.3 Å². The van der Waals surface area contributed by atoms with Crippen LogP contribution in [0.5, 0.6) is 0 Å². The Kier molecular flexibility index (Phi) is 5.58. The van der Waals surface area contributed by atoms with Gasteiger partial charge in [0.15, 0.2) is 0 Å². The van der Waals surface area contributed by atoms with Gasteiger partial charge < -0.3 is 10.4 Å². The molecule has 2 aromatic rings. The molecule has 2 nitrogen and oxygen atoms in total. The van der Waals surface area contributed by atoms with E-state index in [9.17, 15) is 5.11 Å². The molecule has 0 amide bonds. The van der Waals surface area contributed by atoms with Gasteiger partial charge in [-0.1, -0.05) is 26.0 Å². The molecule has 0 bridgehead atoms. The fourth-order valence-electron chi connectivity index (χ4n) is 1.89. The Bertz CT molecular complexity index is 450. The Balaban J connectivity index is 1.99. The molecule has 0 aliphatic rings. The van der Waals surface area contributed by atoms with Crippen LogP contribution in [0.1, 0.15) is 29.6 Å². The van der Waals surface area contributed by atoms with Gasteiger partial charge in [-0.15, -0.1) is 22.7 Å². The minimum absolute atomic E-state index is 0.286. The molecule has 2 rings (SSSR count). The summed E-state index contributed by atoms with van der Waals surface area (Å²) in [7, 11) is 0. The van der Waals surface area contributed by atoms with Gasteiger partial charge in [0.05, 0.1) is 6.10 Å². The summed E-state index contributed by atoms with van der Waals surface area (Å²) in [5.41, 5.74) is 0. The average molecular weight is 295 g/mol. The normalized spacial score (nSPS) is 14.7. The quantitative estimate of drug-likeness (QED) is 0.816. The molecule has 4 heteroatoms. The van der Waals surface area contributed by atoms with E-state index >= 15 is 0 Å². The molecule has 0 fully saturated rings. The molecule has 2 aromatic heterocycles. The second-order valence-electron chi connectivity index (χ2n) is 5.07. The van der Waals surface area contributed by atoms with Gasteiger partial charge in [-0.3, -0.25) is 0 Å². The van der Waals surface area contributed by atoms with Crippen LogP contribution in [0.2, 0.25) is 0 Å². The van der Waals surface area contributed by atoms with Crippen LogP contribution in [0.4, 0.5) is 0 Å². The van der Waals surface area contributed by atoms with Crippen molar-refractivity contribution < 1.29 is 5.11 Å². The predicted octanol–water partition coefficient (Wildman–Crippen LogP) is 3.70. The second-order valence-corrected chi connectivity index (χ2v) is 7.08. The minimum atomic E-state index is -0.286. The van der Waals surface area contributed by atoms with Gasteiger partial charge >= 0.3 is 0 Å². The fraction of sp³-hybridized carbons (Fsp3) is 0.467. The first-order valence-electron chi connectivity index (χ1n) is 6.64. The molecule has 19 heavy (non-hydrogen) atoms. The highest BCUT2D eigenvalue weighted by molar-refractivity contribution is 7.10. The van der Waals surface area contributed by atoms with Gasteiger partial charge in [-0.25, -0.2) is 0 Å². The number of nitrogens with one attached hydrogen (secondary N) is 1. The van der Waals surface area contributed by atoms with Crippen molar-refractivity contribution in [1.82, 2.24) is 5.32 Å². The van der Waals surface area contributed by atoms with E-state index in [0.29, 0.717) is 18.5 Å². The van der Waals surface area contributed by atoms with E-state index in [-0.39, 0.29) is 6.10 Å². The van der Waals surface area contributed by atoms with Gasteiger partial charge in [-0.05, 0) is 28.8 Å². The van der Waals surface area contributed by atoms with Gasteiger partial charge in [0, 0.05) is 28.8 Å². The smallest absolute Gasteiger partial charge is 0.0687 e. The Morgan fingerprint density at radius 2 is 1.89 bits per heavy atom. The van der Waals surface area contributed by atoms with Crippen molar-refractivity contribution in [2.75, 3.05) is 6.54 Å². The highest BCUT2D eigenvalue weighted by atomic mass is 32.1. The third-order valence-electron chi connectivity index (χ3n) is 3.21. The summed E-state index contributed by atoms with van der Waals surface area (Å²) in [6.07, 6.45) is 0.703. The summed E-state index contributed by atoms with van der Waals surface area (Å²) in [4.78, 5) is 2.72. The number of thiophene rings is 2. The summed E-state index contributed by atoms with van der Waals surface area (Å²) in [6.45, 7) is 4.74. The van der Waals surface area contributed by atoms with Crippen LogP contribution in [0.3, 0.4) is 0 Å². The summed E-state index contributed by atoms with van der Waals surface area (Å²) < 4.78 is 0. The highest BCUT2D eigenvalue weighted by Gasteiger charge is 2.16. The Morgan fingerprint density at radius 1 is 1.16 bits per heavy atom. The molecule has 104 valence electrons. The van der Waals surface area contributed by atoms with E-state index in [1.807, 2.05) is 13.8 Å². The SMILES string of the molecule is CC(C)C(O)CNC(Cc1cccs1)c1cccs1. The number of rotatable bonds is 7. The maximum Gasteiger partial charge on any atom is 0.0687 e. The molecule has 0 spiro atoms. The topological polar surface area (TPSA) is 32.3 Å². The van der Waals surface area contributed by atoms with Crippen LogP contribution in [0.25, 0.3) is 0 Å². The number of hydrogen-bond acceptors (Lipinski definition) is 4. The average Bonchev–Trinajstić information content (AvgIpc) is 3.06. The zero-order valence-corrected chi connectivity index (χ0v) is 13.0. The largest absolute Gasteiger partial charge is 0.392 e. The van der Waals surface area contributed by atoms with Crippen LogP contribution < -0.4 is 5.32 Å². The van der Waals surface area contributed by atoms with E-state index in [4.69, 9.17) is 0 Å². The highest BCUT2D eigenvalue weighted by Crippen LogP contribution is 2.25. The third-order valence-corrected chi connectivity index (χ3v) is 5.10. The van der Waals surface area contributed by atoms with Crippen molar-refractivity contribution in [3.05, 3.63) is 44.8 Å². The standard InChI is InChI=1S/C15H21NOS2/c1-11(2)14(17)10-16-13(15-6-4-8-19-15)9-12-5-3-7-18-12/h3-8,11,13-14,16-17H,9-10H2,1-2H3. The molecular formula is C15H21NOS2. The van der Waals surface area contributed by atoms with Crippen LogP contribution in [0.15, 0.2) is 35.0 Å². The lowest BCUT2D eigenvalue weighted by atomic mass is 10.1. The van der Waals surface area contributed by atoms with E-state index in [1.165, 1.54) is 9.75 Å². The Hall–Kier alpha value is -0.680. The molecule has 0 aliphatic carbocycles. The van der Waals surface area contributed by atoms with Crippen molar-refractivity contribution in [3.63, 3.8) is 0 Å². The monoisotopic (exact) mass is 295 g/mol. The van der Waals surface area contributed by atoms with Crippen LogP contribution in [-0.4, -0.2) is 17.8 Å². The molecule has 0 aromatic carbocycles. The van der Waals surface area contributed by atoms with Crippen molar-refractivity contribution in [2.24, 2.45) is 5.92 Å². The van der Waals surface area contributed by atoms with Gasteiger partial charge in [0.25, 0.3) is 0 Å². The Morgan fingerprint density at radius 3 is 2.47 bits per heavy atom. The first-order chi connectivity index (χ1) is 9.16. The lowest BCUT2D eigenvalue weighted by molar-refractivity contribution is 0.120. The van der Waals surface area contributed by atoms with E-state index in [0.717, 1.165) is 6.42 Å². The molecule has 0 radical (unpaired) electrons. The molecule has 0 saturated heterocycles. The molecule has 2 N–H and O–H groups in total. The Labute approximate surface area is 123 Å². The number of hydrogen-bond donors (Lipinski definition) is 2. The van der Waals surface area contributed by atoms with Crippen molar-refractivity contribution >= 4 is 22.7 Å². The maximum absolute atomic E-state index is 9.94. The minimum Gasteiger partial charge on any atom is -0.392 e. The van der Waals surface area contributed by atoms with Crippen molar-refractivity contribution in [1.29, 1.82) is 0 Å². The van der Waals surface area contributed by atoms with Gasteiger partial charge in [0.2, 0.25) is 0 Å². The summed E-state index contributed by atoms with van der Waals surface area (Å²) >= 11 is 3.56. The zero-order valence-electron chi connectivity index (χ0n) is 11.4. The molecule has 2 heterocycles. The van der Waals surface area contributed by atoms with Gasteiger partial charge in [0.1, 0.15) is 0 Å². The molecule has 0 aliphatic heterocycles. The van der Waals surface area contributed by atoms with Crippen LogP contribution in [-0.2, 0) is 6.42 Å². The van der Waals surface area contributed by atoms with E-state index < -0.39 is 0 Å². The zero-order chi connectivity index (χ0) is 13.7. The number of aliphatic hydroxyl groups excluding tert-OH is 1. The lowest BCUT2D eigenvalue weighted by Gasteiger charge is -2.21. The predicted molar refractivity (Wildman–Crippen MR) is 83.9 cm³/mol. The summed E-state index contributed by atoms with van der Waals surface area (Å²) in [5.74, 6) is 0.290. The molecule has 0 saturated carbocycles. The van der Waals surface area contributed by atoms with Crippen molar-refractivity contribution in [2.45, 2.75) is 32.4 Å². The summed E-state index contributed by atoms with van der Waals surface area (Å²) in [5, 5.41) is 17.7. The maximum atomic E-state index is 9.94. The molecule has 2 atom stereocenters. The van der Waals surface area contributed by atoms with Crippen LogP contribution in [0, 0.1) is 5.92 Å². The first-order valence-corrected chi connectivity index (χ1v) is 8.40. The first kappa shape index (κ1) is 14.7. The third kappa shape index (κ3) is 4.42.